The van der Waals surface area contributed by atoms with Gasteiger partial charge in [0, 0.05) is 0 Å². The number of amides is 1. The molecule has 0 aliphatic heterocycles. The molecule has 1 amide bonds. The molecule has 0 spiro atoms. The van der Waals surface area contributed by atoms with E-state index in [2.05, 4.69) is 5.32 Å². The first-order chi connectivity index (χ1) is 10.2. The van der Waals surface area contributed by atoms with Gasteiger partial charge >= 0.3 is 12.1 Å². The van der Waals surface area contributed by atoms with Crippen molar-refractivity contribution in [1.82, 2.24) is 5.32 Å². The van der Waals surface area contributed by atoms with E-state index in [0.29, 0.717) is 0 Å². The van der Waals surface area contributed by atoms with E-state index in [0.717, 1.165) is 5.56 Å². The van der Waals surface area contributed by atoms with Gasteiger partial charge in [-0.2, -0.15) is 0 Å². The monoisotopic (exact) mass is 307 g/mol. The molecule has 0 aromatic heterocycles. The lowest BCUT2D eigenvalue weighted by molar-refractivity contribution is -0.155. The molecule has 0 aliphatic rings. The Morgan fingerprint density at radius 2 is 1.73 bits per heavy atom. The number of benzene rings is 1. The summed E-state index contributed by atoms with van der Waals surface area (Å²) in [5, 5.41) is 2.30. The number of rotatable bonds is 5. The normalized spacial score (nSPS) is 12.2. The van der Waals surface area contributed by atoms with Crippen LogP contribution in [0.1, 0.15) is 33.3 Å². The molecule has 0 unspecified atom stereocenters. The Balaban J connectivity index is 2.45. The molecule has 0 saturated heterocycles. The zero-order valence-corrected chi connectivity index (χ0v) is 13.2. The van der Waals surface area contributed by atoms with Gasteiger partial charge in [0.1, 0.15) is 12.2 Å². The van der Waals surface area contributed by atoms with Crippen LogP contribution in [-0.4, -0.2) is 29.5 Å². The molecule has 0 fully saturated rings. The maximum atomic E-state index is 11.8. The Hall–Kier alpha value is -2.37. The first kappa shape index (κ1) is 17.7. The second kappa shape index (κ2) is 7.59. The van der Waals surface area contributed by atoms with Crippen LogP contribution in [0.5, 0.6) is 0 Å². The fourth-order valence-corrected chi connectivity index (χ4v) is 1.52. The molecule has 22 heavy (non-hydrogen) atoms. The zero-order chi connectivity index (χ0) is 16.8. The van der Waals surface area contributed by atoms with Crippen LogP contribution in [0.3, 0.4) is 0 Å². The number of ether oxygens (including phenoxy) is 2. The van der Waals surface area contributed by atoms with E-state index < -0.39 is 29.5 Å². The standard InChI is InChI=1S/C16H21NO5/c1-11(17-15(20)22-16(2,3)4)13(18)14(19)21-10-12-8-6-5-7-9-12/h5-9,11H,10H2,1-4H3,(H,17,20)/t11-/m1/s1. The zero-order valence-electron chi connectivity index (χ0n) is 13.2. The lowest BCUT2D eigenvalue weighted by Gasteiger charge is -2.21. The number of hydrogen-bond donors (Lipinski definition) is 1. The average molecular weight is 307 g/mol. The molecule has 1 rings (SSSR count). The Morgan fingerprint density at radius 3 is 2.27 bits per heavy atom. The SMILES string of the molecule is C[C@@H](NC(=O)OC(C)(C)C)C(=O)C(=O)OCc1ccccc1. The van der Waals surface area contributed by atoms with Gasteiger partial charge < -0.3 is 14.8 Å². The van der Waals surface area contributed by atoms with Crippen LogP contribution < -0.4 is 5.32 Å². The van der Waals surface area contributed by atoms with Crippen molar-refractivity contribution in [2.45, 2.75) is 45.9 Å². The number of alkyl carbamates (subject to hydrolysis) is 1. The topological polar surface area (TPSA) is 81.7 Å². The van der Waals surface area contributed by atoms with E-state index in [1.807, 2.05) is 6.07 Å². The van der Waals surface area contributed by atoms with Crippen LogP contribution >= 0.6 is 0 Å². The van der Waals surface area contributed by atoms with Gasteiger partial charge in [-0.15, -0.1) is 0 Å². The number of carbonyl (C=O) groups excluding carboxylic acids is 3. The summed E-state index contributed by atoms with van der Waals surface area (Å²) in [5.74, 6) is -1.82. The molecule has 6 heteroatoms. The molecule has 0 heterocycles. The van der Waals surface area contributed by atoms with E-state index in [9.17, 15) is 14.4 Å². The highest BCUT2D eigenvalue weighted by Crippen LogP contribution is 2.07. The van der Waals surface area contributed by atoms with E-state index >= 15 is 0 Å². The summed E-state index contributed by atoms with van der Waals surface area (Å²) in [6.45, 7) is 6.51. The van der Waals surface area contributed by atoms with Gasteiger partial charge in [0.2, 0.25) is 0 Å². The third kappa shape index (κ3) is 6.39. The maximum absolute atomic E-state index is 11.8. The molecule has 120 valence electrons. The Kier molecular flexibility index (Phi) is 6.10. The molecule has 0 saturated carbocycles. The van der Waals surface area contributed by atoms with Crippen LogP contribution in [0.2, 0.25) is 0 Å². The number of ketones is 1. The molecular weight excluding hydrogens is 286 g/mol. The molecule has 1 aromatic rings. The minimum Gasteiger partial charge on any atom is -0.455 e. The van der Waals surface area contributed by atoms with Gasteiger partial charge in [-0.25, -0.2) is 9.59 Å². The third-order valence-electron chi connectivity index (χ3n) is 2.54. The number of esters is 1. The van der Waals surface area contributed by atoms with Crippen molar-refractivity contribution >= 4 is 17.8 Å². The third-order valence-corrected chi connectivity index (χ3v) is 2.54. The number of carbonyl (C=O) groups is 3. The largest absolute Gasteiger partial charge is 0.455 e. The smallest absolute Gasteiger partial charge is 0.408 e. The van der Waals surface area contributed by atoms with Crippen molar-refractivity contribution < 1.29 is 23.9 Å². The number of hydrogen-bond acceptors (Lipinski definition) is 5. The minimum absolute atomic E-state index is 0.00453. The van der Waals surface area contributed by atoms with Crippen molar-refractivity contribution in [3.8, 4) is 0 Å². The van der Waals surface area contributed by atoms with Gasteiger partial charge in [-0.05, 0) is 33.3 Å². The maximum Gasteiger partial charge on any atom is 0.408 e. The number of Topliss-reactive ketones (excluding diaryl/α,β-unsaturated/α-hetero) is 1. The highest BCUT2D eigenvalue weighted by atomic mass is 16.6. The van der Waals surface area contributed by atoms with Crippen molar-refractivity contribution in [3.63, 3.8) is 0 Å². The average Bonchev–Trinajstić information content (AvgIpc) is 2.42. The van der Waals surface area contributed by atoms with Crippen LogP contribution in [-0.2, 0) is 25.7 Å². The summed E-state index contributed by atoms with van der Waals surface area (Å²) in [5.41, 5.74) is 0.0946. The molecule has 1 N–H and O–H groups in total. The van der Waals surface area contributed by atoms with Crippen molar-refractivity contribution in [2.24, 2.45) is 0 Å². The quantitative estimate of drug-likeness (QED) is 0.666. The lowest BCUT2D eigenvalue weighted by atomic mass is 10.2. The summed E-state index contributed by atoms with van der Waals surface area (Å²) in [6, 6.07) is 7.98. The van der Waals surface area contributed by atoms with Crippen LogP contribution in [0.15, 0.2) is 30.3 Å². The minimum atomic E-state index is -1.02. The first-order valence-electron chi connectivity index (χ1n) is 6.93. The molecule has 1 atom stereocenters. The van der Waals surface area contributed by atoms with E-state index in [1.54, 1.807) is 45.0 Å². The van der Waals surface area contributed by atoms with E-state index in [4.69, 9.17) is 9.47 Å². The molecule has 6 nitrogen and oxygen atoms in total. The van der Waals surface area contributed by atoms with Gasteiger partial charge in [-0.1, -0.05) is 30.3 Å². The molecular formula is C16H21NO5. The predicted octanol–water partition coefficient (Wildman–Crippen LogP) is 2.21. The lowest BCUT2D eigenvalue weighted by Crippen LogP contribution is -2.44. The summed E-state index contributed by atoms with van der Waals surface area (Å²) in [6.07, 6.45) is -0.760. The van der Waals surface area contributed by atoms with Gasteiger partial charge in [0.15, 0.2) is 0 Å². The highest BCUT2D eigenvalue weighted by molar-refractivity contribution is 6.35. The summed E-state index contributed by atoms with van der Waals surface area (Å²) >= 11 is 0. The van der Waals surface area contributed by atoms with Gasteiger partial charge in [-0.3, -0.25) is 4.79 Å². The fourth-order valence-electron chi connectivity index (χ4n) is 1.52. The molecule has 1 aromatic carbocycles. The molecule has 0 bridgehead atoms. The fraction of sp³-hybridized carbons (Fsp3) is 0.438. The van der Waals surface area contributed by atoms with Crippen molar-refractivity contribution in [1.29, 1.82) is 0 Å². The van der Waals surface area contributed by atoms with Crippen LogP contribution in [0.4, 0.5) is 4.79 Å². The van der Waals surface area contributed by atoms with Crippen molar-refractivity contribution in [3.05, 3.63) is 35.9 Å². The molecule has 0 aliphatic carbocycles. The Bertz CT molecular complexity index is 533. The first-order valence-corrected chi connectivity index (χ1v) is 6.93. The van der Waals surface area contributed by atoms with Crippen molar-refractivity contribution in [2.75, 3.05) is 0 Å². The summed E-state index contributed by atoms with van der Waals surface area (Å²) in [4.78, 5) is 35.0. The highest BCUT2D eigenvalue weighted by Gasteiger charge is 2.26. The van der Waals surface area contributed by atoms with E-state index in [1.165, 1.54) is 6.92 Å². The van der Waals surface area contributed by atoms with Gasteiger partial charge in [0.25, 0.3) is 5.78 Å². The predicted molar refractivity (Wildman–Crippen MR) is 80.1 cm³/mol. The number of nitrogens with one attached hydrogen (secondary N) is 1. The molecule has 0 radical (unpaired) electrons. The Morgan fingerprint density at radius 1 is 1.14 bits per heavy atom. The van der Waals surface area contributed by atoms with Crippen LogP contribution in [0.25, 0.3) is 0 Å². The Labute approximate surface area is 129 Å². The summed E-state index contributed by atoms with van der Waals surface area (Å²) in [7, 11) is 0. The second-order valence-corrected chi connectivity index (χ2v) is 5.79. The van der Waals surface area contributed by atoms with Gasteiger partial charge in [0.05, 0.1) is 6.04 Å². The van der Waals surface area contributed by atoms with Crippen LogP contribution in [0, 0.1) is 0 Å². The van der Waals surface area contributed by atoms with E-state index in [-0.39, 0.29) is 6.61 Å². The second-order valence-electron chi connectivity index (χ2n) is 5.79. The summed E-state index contributed by atoms with van der Waals surface area (Å²) < 4.78 is 9.93.